The molecule has 0 unspecified atom stereocenters. The predicted molar refractivity (Wildman–Crippen MR) is 129 cm³/mol. The fourth-order valence-electron chi connectivity index (χ4n) is 2.89. The van der Waals surface area contributed by atoms with Crippen molar-refractivity contribution in [3.8, 4) is 0 Å². The molecule has 0 atom stereocenters. The second-order valence-corrected chi connectivity index (χ2v) is 9.42. The van der Waals surface area contributed by atoms with E-state index in [-0.39, 0.29) is 29.0 Å². The van der Waals surface area contributed by atoms with Crippen LogP contribution < -0.4 is 10.0 Å². The summed E-state index contributed by atoms with van der Waals surface area (Å²) in [5.74, 6) is -0.407. The van der Waals surface area contributed by atoms with Crippen LogP contribution in [0.25, 0.3) is 10.2 Å². The number of nitrogens with zero attached hydrogens (tertiary/aromatic N) is 1. The lowest BCUT2D eigenvalue weighted by Crippen LogP contribution is -2.13. The van der Waals surface area contributed by atoms with Gasteiger partial charge in [-0.2, -0.15) is 0 Å². The number of benzene rings is 3. The standard InChI is InChI=1S/C22H17N3O4S2.ClH/c1-14(26)15-7-10-18(11-8-15)31(28,29)25-17-9-12-20-19(13-17)23-22(30-20)24-21(27)16-5-3-2-4-6-16;/h2-13,25H,1H3,(H,23,24,27);1H. The summed E-state index contributed by atoms with van der Waals surface area (Å²) in [4.78, 5) is 28.1. The Balaban J connectivity index is 0.00000289. The molecule has 1 heterocycles. The molecule has 32 heavy (non-hydrogen) atoms. The topological polar surface area (TPSA) is 105 Å². The van der Waals surface area contributed by atoms with E-state index in [0.717, 1.165) is 4.70 Å². The summed E-state index contributed by atoms with van der Waals surface area (Å²) < 4.78 is 28.6. The van der Waals surface area contributed by atoms with Crippen molar-refractivity contribution in [2.45, 2.75) is 11.8 Å². The number of ketones is 1. The van der Waals surface area contributed by atoms with Gasteiger partial charge in [0.1, 0.15) is 0 Å². The van der Waals surface area contributed by atoms with Gasteiger partial charge in [0.25, 0.3) is 15.9 Å². The number of aromatic nitrogens is 1. The number of thiazole rings is 1. The zero-order valence-corrected chi connectivity index (χ0v) is 19.2. The Morgan fingerprint density at radius 1 is 0.906 bits per heavy atom. The molecule has 0 aliphatic carbocycles. The van der Waals surface area contributed by atoms with Gasteiger partial charge in [0.15, 0.2) is 10.9 Å². The number of sulfonamides is 1. The number of carbonyl (C=O) groups is 2. The van der Waals surface area contributed by atoms with Crippen molar-refractivity contribution < 1.29 is 18.0 Å². The highest BCUT2D eigenvalue weighted by Crippen LogP contribution is 2.29. The van der Waals surface area contributed by atoms with Crippen molar-refractivity contribution in [2.24, 2.45) is 0 Å². The third-order valence-corrected chi connectivity index (χ3v) is 6.82. The molecule has 164 valence electrons. The maximum absolute atomic E-state index is 12.7. The number of carbonyl (C=O) groups excluding carboxylic acids is 2. The van der Waals surface area contributed by atoms with Crippen LogP contribution >= 0.6 is 23.7 Å². The van der Waals surface area contributed by atoms with Gasteiger partial charge in [-0.05, 0) is 49.4 Å². The minimum Gasteiger partial charge on any atom is -0.298 e. The Kier molecular flexibility index (Phi) is 6.93. The summed E-state index contributed by atoms with van der Waals surface area (Å²) in [6, 6.07) is 19.5. The Morgan fingerprint density at radius 3 is 2.25 bits per heavy atom. The highest BCUT2D eigenvalue weighted by Gasteiger charge is 2.16. The lowest BCUT2D eigenvalue weighted by molar-refractivity contribution is 0.101. The van der Waals surface area contributed by atoms with Crippen LogP contribution in [-0.4, -0.2) is 25.1 Å². The van der Waals surface area contributed by atoms with Gasteiger partial charge >= 0.3 is 0 Å². The summed E-state index contributed by atoms with van der Waals surface area (Å²) >= 11 is 1.30. The normalized spacial score (nSPS) is 10.9. The molecule has 0 radical (unpaired) electrons. The second-order valence-electron chi connectivity index (χ2n) is 6.71. The number of anilines is 2. The maximum atomic E-state index is 12.7. The lowest BCUT2D eigenvalue weighted by atomic mass is 10.2. The molecule has 0 aliphatic heterocycles. The molecule has 2 N–H and O–H groups in total. The van der Waals surface area contributed by atoms with Gasteiger partial charge in [-0.3, -0.25) is 19.6 Å². The minimum atomic E-state index is -3.83. The molecule has 0 fully saturated rings. The lowest BCUT2D eigenvalue weighted by Gasteiger charge is -2.08. The highest BCUT2D eigenvalue weighted by molar-refractivity contribution is 7.92. The molecule has 0 bridgehead atoms. The predicted octanol–water partition coefficient (Wildman–Crippen LogP) is 4.97. The van der Waals surface area contributed by atoms with E-state index in [0.29, 0.717) is 27.5 Å². The molecule has 10 heteroatoms. The Hall–Kier alpha value is -3.27. The van der Waals surface area contributed by atoms with Crippen molar-refractivity contribution in [3.05, 3.63) is 83.9 Å². The van der Waals surface area contributed by atoms with Crippen LogP contribution in [0.4, 0.5) is 10.8 Å². The summed E-state index contributed by atoms with van der Waals surface area (Å²) in [6.07, 6.45) is 0. The van der Waals surface area contributed by atoms with Crippen molar-refractivity contribution in [1.82, 2.24) is 4.98 Å². The SMILES string of the molecule is CC(=O)c1ccc(S(=O)(=O)Nc2ccc3sc(NC(=O)c4ccccc4)nc3c2)cc1.Cl. The van der Waals surface area contributed by atoms with E-state index in [9.17, 15) is 18.0 Å². The van der Waals surface area contributed by atoms with Crippen LogP contribution in [0, 0.1) is 0 Å². The number of fused-ring (bicyclic) bond motifs is 1. The van der Waals surface area contributed by atoms with E-state index in [4.69, 9.17) is 0 Å². The smallest absolute Gasteiger partial charge is 0.261 e. The van der Waals surface area contributed by atoms with Crippen LogP contribution in [0.5, 0.6) is 0 Å². The first-order chi connectivity index (χ1) is 14.8. The van der Waals surface area contributed by atoms with Gasteiger partial charge in [0.2, 0.25) is 0 Å². The van der Waals surface area contributed by atoms with Gasteiger partial charge in [-0.25, -0.2) is 13.4 Å². The number of hydrogen-bond donors (Lipinski definition) is 2. The van der Waals surface area contributed by atoms with Crippen molar-refractivity contribution in [3.63, 3.8) is 0 Å². The molecular weight excluding hydrogens is 470 g/mol. The van der Waals surface area contributed by atoms with Crippen molar-refractivity contribution in [1.29, 1.82) is 0 Å². The highest BCUT2D eigenvalue weighted by atomic mass is 35.5. The molecule has 1 amide bonds. The number of rotatable bonds is 6. The van der Waals surface area contributed by atoms with E-state index in [1.165, 1.54) is 42.5 Å². The summed E-state index contributed by atoms with van der Waals surface area (Å²) in [5.41, 5.74) is 1.86. The molecule has 7 nitrogen and oxygen atoms in total. The fourth-order valence-corrected chi connectivity index (χ4v) is 4.78. The third kappa shape index (κ3) is 5.13. The molecule has 4 aromatic rings. The minimum absolute atomic E-state index is 0. The van der Waals surface area contributed by atoms with Crippen LogP contribution in [0.1, 0.15) is 27.6 Å². The Morgan fingerprint density at radius 2 is 1.59 bits per heavy atom. The van der Waals surface area contributed by atoms with Crippen LogP contribution in [-0.2, 0) is 10.0 Å². The van der Waals surface area contributed by atoms with Gasteiger partial charge in [-0.15, -0.1) is 12.4 Å². The first-order valence-electron chi connectivity index (χ1n) is 9.23. The first-order valence-corrected chi connectivity index (χ1v) is 11.5. The van der Waals surface area contributed by atoms with E-state index in [2.05, 4.69) is 15.0 Å². The van der Waals surface area contributed by atoms with E-state index < -0.39 is 10.0 Å². The molecule has 0 saturated carbocycles. The first kappa shape index (κ1) is 23.4. The quantitative estimate of drug-likeness (QED) is 0.373. The molecule has 3 aromatic carbocycles. The average Bonchev–Trinajstić information content (AvgIpc) is 3.15. The molecule has 4 rings (SSSR count). The van der Waals surface area contributed by atoms with E-state index >= 15 is 0 Å². The van der Waals surface area contributed by atoms with Gasteiger partial charge in [0, 0.05) is 11.1 Å². The maximum Gasteiger partial charge on any atom is 0.261 e. The monoisotopic (exact) mass is 487 g/mol. The number of hydrogen-bond acceptors (Lipinski definition) is 6. The Labute approximate surface area is 195 Å². The second kappa shape index (κ2) is 9.47. The molecule has 0 saturated heterocycles. The number of amides is 1. The zero-order valence-electron chi connectivity index (χ0n) is 16.7. The molecule has 0 aliphatic rings. The van der Waals surface area contributed by atoms with E-state index in [1.807, 2.05) is 6.07 Å². The summed E-state index contributed by atoms with van der Waals surface area (Å²) in [6.45, 7) is 1.42. The average molecular weight is 488 g/mol. The summed E-state index contributed by atoms with van der Waals surface area (Å²) in [7, 11) is -3.83. The third-order valence-electron chi connectivity index (χ3n) is 4.47. The molecule has 1 aromatic heterocycles. The van der Waals surface area contributed by atoms with Crippen LogP contribution in [0.15, 0.2) is 77.7 Å². The summed E-state index contributed by atoms with van der Waals surface area (Å²) in [5, 5.41) is 3.18. The Bertz CT molecular complexity index is 1390. The van der Waals surface area contributed by atoms with Crippen LogP contribution in [0.3, 0.4) is 0 Å². The fraction of sp³-hybridized carbons (Fsp3) is 0.0455. The van der Waals surface area contributed by atoms with Crippen LogP contribution in [0.2, 0.25) is 0 Å². The van der Waals surface area contributed by atoms with Gasteiger partial charge in [0.05, 0.1) is 20.8 Å². The largest absolute Gasteiger partial charge is 0.298 e. The number of Topliss-reactive ketones (excluding diaryl/α,β-unsaturated/α-hetero) is 1. The molecular formula is C22H18ClN3O4S2. The number of nitrogens with one attached hydrogen (secondary N) is 2. The number of halogens is 1. The van der Waals surface area contributed by atoms with Gasteiger partial charge in [-0.1, -0.05) is 41.7 Å². The van der Waals surface area contributed by atoms with Crippen molar-refractivity contribution in [2.75, 3.05) is 10.0 Å². The van der Waals surface area contributed by atoms with Crippen molar-refractivity contribution >= 4 is 66.5 Å². The molecule has 0 spiro atoms. The van der Waals surface area contributed by atoms with E-state index in [1.54, 1.807) is 42.5 Å². The zero-order chi connectivity index (χ0) is 22.0. The van der Waals surface area contributed by atoms with Gasteiger partial charge < -0.3 is 0 Å².